The van der Waals surface area contributed by atoms with Crippen molar-refractivity contribution < 1.29 is 5.11 Å². The Morgan fingerprint density at radius 2 is 1.88 bits per heavy atom. The summed E-state index contributed by atoms with van der Waals surface area (Å²) in [4.78, 5) is 4.23. The van der Waals surface area contributed by atoms with Crippen molar-refractivity contribution in [2.24, 2.45) is 4.99 Å². The van der Waals surface area contributed by atoms with Crippen molar-refractivity contribution in [2.45, 2.75) is 0 Å². The number of aliphatic imine (C=N–C) groups is 1. The van der Waals surface area contributed by atoms with E-state index in [4.69, 9.17) is 23.2 Å². The van der Waals surface area contributed by atoms with Crippen LogP contribution in [0.15, 0.2) is 47.5 Å². The van der Waals surface area contributed by atoms with Crippen LogP contribution in [-0.4, -0.2) is 11.3 Å². The fourth-order valence-corrected chi connectivity index (χ4v) is 1.67. The number of phenolic OH excluding ortho intramolecular Hbond substituents is 1. The van der Waals surface area contributed by atoms with E-state index < -0.39 is 0 Å². The average Bonchev–Trinajstić information content (AvgIpc) is 2.30. The van der Waals surface area contributed by atoms with Crippen LogP contribution in [0.25, 0.3) is 0 Å². The van der Waals surface area contributed by atoms with Gasteiger partial charge in [-0.1, -0.05) is 35.3 Å². The molecule has 0 unspecified atom stereocenters. The maximum absolute atomic E-state index is 9.30. The van der Waals surface area contributed by atoms with Gasteiger partial charge < -0.3 is 5.11 Å². The summed E-state index contributed by atoms with van der Waals surface area (Å²) in [6.45, 7) is 0. The third kappa shape index (κ3) is 3.22. The Kier molecular flexibility index (Phi) is 3.67. The second-order valence-corrected chi connectivity index (χ2v) is 4.29. The van der Waals surface area contributed by atoms with Crippen molar-refractivity contribution in [1.29, 1.82) is 0 Å². The zero-order valence-corrected chi connectivity index (χ0v) is 10.3. The molecule has 0 aliphatic rings. The standard InChI is InChI=1S/C13H9Cl2NO/c14-10-4-5-12(15)13(7-10)16-8-9-2-1-3-11(17)6-9/h1-8,17H. The van der Waals surface area contributed by atoms with Crippen LogP contribution < -0.4 is 0 Å². The summed E-state index contributed by atoms with van der Waals surface area (Å²) >= 11 is 11.8. The largest absolute Gasteiger partial charge is 0.508 e. The second-order valence-electron chi connectivity index (χ2n) is 3.45. The SMILES string of the molecule is Oc1cccc(C=Nc2cc(Cl)ccc2Cl)c1. The number of hydrogen-bond acceptors (Lipinski definition) is 2. The Bertz CT molecular complexity index is 567. The monoisotopic (exact) mass is 265 g/mol. The zero-order chi connectivity index (χ0) is 12.3. The van der Waals surface area contributed by atoms with E-state index in [1.165, 1.54) is 0 Å². The molecule has 0 radical (unpaired) electrons. The predicted octanol–water partition coefficient (Wildman–Crippen LogP) is 4.45. The van der Waals surface area contributed by atoms with E-state index in [1.54, 1.807) is 42.6 Å². The molecule has 0 saturated heterocycles. The number of benzene rings is 2. The molecule has 86 valence electrons. The highest BCUT2D eigenvalue weighted by atomic mass is 35.5. The Morgan fingerprint density at radius 1 is 1.06 bits per heavy atom. The first-order valence-corrected chi connectivity index (χ1v) is 5.69. The Morgan fingerprint density at radius 3 is 2.65 bits per heavy atom. The number of rotatable bonds is 2. The molecule has 2 aromatic rings. The van der Waals surface area contributed by atoms with Gasteiger partial charge in [0, 0.05) is 11.2 Å². The molecule has 0 aromatic heterocycles. The molecule has 17 heavy (non-hydrogen) atoms. The Balaban J connectivity index is 2.29. The Labute approximate surface area is 109 Å². The molecule has 0 saturated carbocycles. The number of nitrogens with zero attached hydrogens (tertiary/aromatic N) is 1. The highest BCUT2D eigenvalue weighted by Gasteiger charge is 1.98. The molecule has 0 aliphatic carbocycles. The molecule has 0 amide bonds. The molecule has 0 fully saturated rings. The second kappa shape index (κ2) is 5.21. The van der Waals surface area contributed by atoms with Gasteiger partial charge in [-0.15, -0.1) is 0 Å². The summed E-state index contributed by atoms with van der Waals surface area (Å²) in [6, 6.07) is 11.9. The summed E-state index contributed by atoms with van der Waals surface area (Å²) in [5.41, 5.74) is 1.39. The molecule has 0 aliphatic heterocycles. The lowest BCUT2D eigenvalue weighted by Gasteiger charge is -1.99. The highest BCUT2D eigenvalue weighted by molar-refractivity contribution is 6.35. The average molecular weight is 266 g/mol. The molecule has 1 N–H and O–H groups in total. The first kappa shape index (κ1) is 12.0. The van der Waals surface area contributed by atoms with Crippen LogP contribution in [-0.2, 0) is 0 Å². The van der Waals surface area contributed by atoms with Crippen LogP contribution in [0.2, 0.25) is 10.0 Å². The summed E-state index contributed by atoms with van der Waals surface area (Å²) < 4.78 is 0. The highest BCUT2D eigenvalue weighted by Crippen LogP contribution is 2.27. The molecule has 0 heterocycles. The lowest BCUT2D eigenvalue weighted by atomic mass is 10.2. The van der Waals surface area contributed by atoms with Gasteiger partial charge in [0.05, 0.1) is 10.7 Å². The molecule has 2 nitrogen and oxygen atoms in total. The van der Waals surface area contributed by atoms with E-state index in [1.807, 2.05) is 6.07 Å². The fraction of sp³-hybridized carbons (Fsp3) is 0. The normalized spacial score (nSPS) is 10.9. The minimum Gasteiger partial charge on any atom is -0.508 e. The summed E-state index contributed by atoms with van der Waals surface area (Å²) in [6.07, 6.45) is 1.62. The van der Waals surface area contributed by atoms with Crippen LogP contribution in [0, 0.1) is 0 Å². The molecule has 2 rings (SSSR count). The van der Waals surface area contributed by atoms with Crippen molar-refractivity contribution in [2.75, 3.05) is 0 Å². The van der Waals surface area contributed by atoms with Crippen LogP contribution in [0.5, 0.6) is 5.75 Å². The number of halogens is 2. The first-order valence-electron chi connectivity index (χ1n) is 4.93. The van der Waals surface area contributed by atoms with Gasteiger partial charge >= 0.3 is 0 Å². The molecule has 0 bridgehead atoms. The lowest BCUT2D eigenvalue weighted by Crippen LogP contribution is -1.79. The summed E-state index contributed by atoms with van der Waals surface area (Å²) in [7, 11) is 0. The van der Waals surface area contributed by atoms with Gasteiger partial charge in [-0.25, -0.2) is 0 Å². The van der Waals surface area contributed by atoms with Gasteiger partial charge in [-0.3, -0.25) is 4.99 Å². The zero-order valence-electron chi connectivity index (χ0n) is 8.77. The van der Waals surface area contributed by atoms with E-state index >= 15 is 0 Å². The molecular weight excluding hydrogens is 257 g/mol. The van der Waals surface area contributed by atoms with Gasteiger partial charge in [0.1, 0.15) is 5.75 Å². The molecule has 4 heteroatoms. The smallest absolute Gasteiger partial charge is 0.116 e. The van der Waals surface area contributed by atoms with Crippen LogP contribution in [0.3, 0.4) is 0 Å². The Hall–Kier alpha value is -1.51. The molecule has 2 aromatic carbocycles. The van der Waals surface area contributed by atoms with E-state index in [9.17, 15) is 5.11 Å². The third-order valence-electron chi connectivity index (χ3n) is 2.13. The van der Waals surface area contributed by atoms with Gasteiger partial charge in [-0.2, -0.15) is 0 Å². The van der Waals surface area contributed by atoms with Gasteiger partial charge in [0.15, 0.2) is 0 Å². The van der Waals surface area contributed by atoms with E-state index in [2.05, 4.69) is 4.99 Å². The third-order valence-corrected chi connectivity index (χ3v) is 2.69. The van der Waals surface area contributed by atoms with Crippen LogP contribution in [0.4, 0.5) is 5.69 Å². The quantitative estimate of drug-likeness (QED) is 0.800. The fourth-order valence-electron chi connectivity index (χ4n) is 1.33. The van der Waals surface area contributed by atoms with Crippen LogP contribution >= 0.6 is 23.2 Å². The van der Waals surface area contributed by atoms with E-state index in [0.717, 1.165) is 5.56 Å². The molecule has 0 atom stereocenters. The van der Waals surface area contributed by atoms with E-state index in [-0.39, 0.29) is 5.75 Å². The van der Waals surface area contributed by atoms with Crippen molar-refractivity contribution >= 4 is 35.1 Å². The molecular formula is C13H9Cl2NO. The van der Waals surface area contributed by atoms with E-state index in [0.29, 0.717) is 15.7 Å². The van der Waals surface area contributed by atoms with Crippen molar-refractivity contribution in [3.8, 4) is 5.75 Å². The lowest BCUT2D eigenvalue weighted by molar-refractivity contribution is 0.475. The number of hydrogen-bond donors (Lipinski definition) is 1. The summed E-state index contributed by atoms with van der Waals surface area (Å²) in [5, 5.41) is 10.4. The van der Waals surface area contributed by atoms with Crippen LogP contribution in [0.1, 0.15) is 5.56 Å². The minimum atomic E-state index is 0.200. The number of aromatic hydroxyl groups is 1. The maximum Gasteiger partial charge on any atom is 0.116 e. The minimum absolute atomic E-state index is 0.200. The van der Waals surface area contributed by atoms with Gasteiger partial charge in [0.2, 0.25) is 0 Å². The first-order chi connectivity index (χ1) is 8.15. The maximum atomic E-state index is 9.30. The summed E-state index contributed by atoms with van der Waals surface area (Å²) in [5.74, 6) is 0.200. The van der Waals surface area contributed by atoms with Gasteiger partial charge in [-0.05, 0) is 35.9 Å². The topological polar surface area (TPSA) is 32.6 Å². The van der Waals surface area contributed by atoms with Crippen molar-refractivity contribution in [3.05, 3.63) is 58.1 Å². The molecule has 0 spiro atoms. The predicted molar refractivity (Wildman–Crippen MR) is 71.8 cm³/mol. The van der Waals surface area contributed by atoms with Gasteiger partial charge in [0.25, 0.3) is 0 Å². The van der Waals surface area contributed by atoms with Crippen molar-refractivity contribution in [1.82, 2.24) is 0 Å². The number of phenols is 1. The van der Waals surface area contributed by atoms with Crippen molar-refractivity contribution in [3.63, 3.8) is 0 Å².